The predicted molar refractivity (Wildman–Crippen MR) is 40.6 cm³/mol. The molecule has 0 N–H and O–H groups in total. The minimum absolute atomic E-state index is 0. The van der Waals surface area contributed by atoms with Gasteiger partial charge in [0.1, 0.15) is 0 Å². The van der Waals surface area contributed by atoms with Gasteiger partial charge in [-0.1, -0.05) is 26.2 Å². The van der Waals surface area contributed by atoms with Crippen molar-refractivity contribution in [3.05, 3.63) is 29.8 Å². The minimum atomic E-state index is 0. The third-order valence-electron chi connectivity index (χ3n) is 1.55. The van der Waals surface area contributed by atoms with Gasteiger partial charge in [-0.3, -0.25) is 0 Å². The molecule has 0 radical (unpaired) electrons. The molecule has 0 fully saturated rings. The molecule has 0 saturated carbocycles. The Morgan fingerprint density at radius 3 is 2.23 bits per heavy atom. The zero-order chi connectivity index (χ0) is 6.53. The summed E-state index contributed by atoms with van der Waals surface area (Å²) >= 11 is 0. The molecule has 0 spiro atoms. The summed E-state index contributed by atoms with van der Waals surface area (Å²) in [5, 5.41) is 0. The Bertz CT molecular complexity index is 152. The van der Waals surface area contributed by atoms with Crippen molar-refractivity contribution >= 4 is 0 Å². The number of unbranched alkanes of at least 4 members (excludes halogenated alkanes) is 1. The van der Waals surface area contributed by atoms with Crippen LogP contribution in [0, 0.1) is 0 Å². The zero-order valence-electron chi connectivity index (χ0n) is 7.56. The molecule has 0 heterocycles. The fourth-order valence-corrected chi connectivity index (χ4v) is 0.961. The quantitative estimate of drug-likeness (QED) is 0.487. The van der Waals surface area contributed by atoms with E-state index in [1.807, 2.05) is 0 Å². The molecule has 1 aromatic rings. The van der Waals surface area contributed by atoms with Crippen LogP contribution in [-0.2, 0) is 32.6 Å². The molecule has 0 aromatic heterocycles. The van der Waals surface area contributed by atoms with Gasteiger partial charge >= 0.3 is 26.2 Å². The fraction of sp³-hybridized carbons (Fsp3) is 0.444. The average molecular weight is 319 g/mol. The molecule has 0 aliphatic heterocycles. The Kier molecular flexibility index (Phi) is 28.4. The summed E-state index contributed by atoms with van der Waals surface area (Å²) in [7, 11) is 0. The molecule has 0 bridgehead atoms. The monoisotopic (exact) mass is 316 g/mol. The first-order chi connectivity index (χ1) is 4.43. The Balaban J connectivity index is -0.000000101. The van der Waals surface area contributed by atoms with Crippen LogP contribution in [-0.4, -0.2) is 0 Å². The van der Waals surface area contributed by atoms with Crippen molar-refractivity contribution < 1.29 is 63.4 Å². The van der Waals surface area contributed by atoms with Crippen molar-refractivity contribution in [3.63, 3.8) is 0 Å². The van der Waals surface area contributed by atoms with Crippen molar-refractivity contribution in [2.75, 3.05) is 0 Å². The number of aryl methyl sites for hydroxylation is 1. The van der Waals surface area contributed by atoms with Crippen molar-refractivity contribution in [2.45, 2.75) is 26.2 Å². The molecular formula is C9H13Cl3Zr. The van der Waals surface area contributed by atoms with Crippen LogP contribution in [0.4, 0.5) is 0 Å². The van der Waals surface area contributed by atoms with E-state index in [2.05, 4.69) is 31.2 Å². The number of rotatable bonds is 3. The van der Waals surface area contributed by atoms with Crippen molar-refractivity contribution in [1.29, 1.82) is 0 Å². The van der Waals surface area contributed by atoms with Crippen molar-refractivity contribution in [1.82, 2.24) is 0 Å². The fourth-order valence-electron chi connectivity index (χ4n) is 0.961. The third-order valence-corrected chi connectivity index (χ3v) is 1.55. The van der Waals surface area contributed by atoms with E-state index in [1.54, 1.807) is 0 Å². The van der Waals surface area contributed by atoms with E-state index in [4.69, 9.17) is 0 Å². The first-order valence-electron chi connectivity index (χ1n) is 3.64. The first kappa shape index (κ1) is 23.7. The molecule has 13 heavy (non-hydrogen) atoms. The van der Waals surface area contributed by atoms with Gasteiger partial charge in [-0.25, -0.2) is 6.07 Å². The Morgan fingerprint density at radius 2 is 1.85 bits per heavy atom. The van der Waals surface area contributed by atoms with Gasteiger partial charge in [0.2, 0.25) is 0 Å². The molecular weight excluding hydrogens is 306 g/mol. The molecule has 0 aliphatic rings. The van der Waals surface area contributed by atoms with Gasteiger partial charge in [-0.05, 0) is 0 Å². The van der Waals surface area contributed by atoms with Gasteiger partial charge < -0.3 is 37.2 Å². The second-order valence-electron chi connectivity index (χ2n) is 2.40. The van der Waals surface area contributed by atoms with Crippen molar-refractivity contribution in [3.8, 4) is 0 Å². The van der Waals surface area contributed by atoms with Crippen molar-refractivity contribution in [2.24, 2.45) is 0 Å². The van der Waals surface area contributed by atoms with Crippen LogP contribution in [0.15, 0.2) is 24.3 Å². The summed E-state index contributed by atoms with van der Waals surface area (Å²) in [6.07, 6.45) is 3.87. The normalized spacial score (nSPS) is 6.85. The topological polar surface area (TPSA) is 0 Å². The van der Waals surface area contributed by atoms with Crippen LogP contribution in [0.3, 0.4) is 0 Å². The van der Waals surface area contributed by atoms with Crippen LogP contribution in [0.25, 0.3) is 0 Å². The van der Waals surface area contributed by atoms with Crippen LogP contribution in [0.5, 0.6) is 0 Å². The summed E-state index contributed by atoms with van der Waals surface area (Å²) in [5.74, 6) is 0. The molecule has 0 atom stereocenters. The largest absolute Gasteiger partial charge is 4.00 e. The summed E-state index contributed by atoms with van der Waals surface area (Å²) in [6.45, 7) is 2.23. The summed E-state index contributed by atoms with van der Waals surface area (Å²) in [5.41, 5.74) is 1.48. The van der Waals surface area contributed by atoms with Gasteiger partial charge in [-0.15, -0.1) is 0 Å². The standard InChI is InChI=1S/C9H13.3ClH.Zr/c1-2-3-6-9-7-4-5-8-9;;;;/h4-5,7-8H,2-3,6H2,1H3;3*1H;/q-1;;;;+4/p-3. The second-order valence-corrected chi connectivity index (χ2v) is 2.40. The Morgan fingerprint density at radius 1 is 1.23 bits per heavy atom. The molecule has 0 unspecified atom stereocenters. The molecule has 4 heteroatoms. The number of hydrogen-bond donors (Lipinski definition) is 0. The molecule has 1 rings (SSSR count). The maximum Gasteiger partial charge on any atom is 4.00 e. The Labute approximate surface area is 119 Å². The van der Waals surface area contributed by atoms with E-state index in [1.165, 1.54) is 24.8 Å². The first-order valence-corrected chi connectivity index (χ1v) is 3.64. The maximum atomic E-state index is 2.23. The summed E-state index contributed by atoms with van der Waals surface area (Å²) in [4.78, 5) is 0. The van der Waals surface area contributed by atoms with Crippen LogP contribution >= 0.6 is 0 Å². The van der Waals surface area contributed by atoms with Gasteiger partial charge in [0.15, 0.2) is 0 Å². The van der Waals surface area contributed by atoms with Crippen LogP contribution in [0.2, 0.25) is 0 Å². The van der Waals surface area contributed by atoms with Crippen LogP contribution < -0.4 is 37.2 Å². The maximum absolute atomic E-state index is 2.23. The third kappa shape index (κ3) is 11.0. The van der Waals surface area contributed by atoms with E-state index in [-0.39, 0.29) is 63.4 Å². The van der Waals surface area contributed by atoms with E-state index >= 15 is 0 Å². The SMILES string of the molecule is CCCCc1cc[cH-]c1.[Cl-].[Cl-].[Cl-].[Zr+4]. The molecule has 0 nitrogen and oxygen atoms in total. The van der Waals surface area contributed by atoms with E-state index < -0.39 is 0 Å². The second kappa shape index (κ2) is 15.6. The number of hydrogen-bond acceptors (Lipinski definition) is 0. The molecule has 74 valence electrons. The molecule has 1 aromatic carbocycles. The van der Waals surface area contributed by atoms with E-state index in [0.717, 1.165) is 0 Å². The van der Waals surface area contributed by atoms with Gasteiger partial charge in [0, 0.05) is 0 Å². The van der Waals surface area contributed by atoms with Gasteiger partial charge in [-0.2, -0.15) is 23.8 Å². The Hall–Kier alpha value is 1.10. The molecule has 0 aliphatic carbocycles. The predicted octanol–water partition coefficient (Wildman–Crippen LogP) is -6.24. The number of halogens is 3. The summed E-state index contributed by atoms with van der Waals surface area (Å²) < 4.78 is 0. The van der Waals surface area contributed by atoms with E-state index in [0.29, 0.717) is 0 Å². The van der Waals surface area contributed by atoms with Crippen LogP contribution in [0.1, 0.15) is 25.3 Å². The molecule has 0 saturated heterocycles. The van der Waals surface area contributed by atoms with Gasteiger partial charge in [0.05, 0.1) is 0 Å². The minimum Gasteiger partial charge on any atom is -1.00 e. The van der Waals surface area contributed by atoms with Gasteiger partial charge in [0.25, 0.3) is 0 Å². The molecule has 0 amide bonds. The summed E-state index contributed by atoms with van der Waals surface area (Å²) in [6, 6.07) is 8.58. The average Bonchev–Trinajstić information content (AvgIpc) is 2.34. The smallest absolute Gasteiger partial charge is 1.00 e. The zero-order valence-corrected chi connectivity index (χ0v) is 12.3. The van der Waals surface area contributed by atoms with E-state index in [9.17, 15) is 0 Å².